The largest absolute Gasteiger partial charge is 0.296 e. The number of aldehydes is 1. The number of hydrogen-bond donors (Lipinski definition) is 0. The van der Waals surface area contributed by atoms with E-state index in [0.717, 1.165) is 29.5 Å². The summed E-state index contributed by atoms with van der Waals surface area (Å²) >= 11 is 0. The number of pyridine rings is 1. The van der Waals surface area contributed by atoms with E-state index in [4.69, 9.17) is 0 Å². The van der Waals surface area contributed by atoms with Crippen molar-refractivity contribution in [2.45, 2.75) is 20.3 Å². The zero-order valence-corrected chi connectivity index (χ0v) is 9.16. The molecule has 15 heavy (non-hydrogen) atoms. The van der Waals surface area contributed by atoms with Crippen LogP contribution in [-0.2, 0) is 6.42 Å². The minimum absolute atomic E-state index is 0.547. The fraction of sp³-hybridized carbons (Fsp3) is 0.231. The lowest BCUT2D eigenvalue weighted by molar-refractivity contribution is 0.111. The maximum absolute atomic E-state index is 10.8. The normalized spacial score (nSPS) is 10.5. The molecule has 1 aromatic heterocycles. The molecule has 0 amide bonds. The van der Waals surface area contributed by atoms with E-state index in [2.05, 4.69) is 11.6 Å². The van der Waals surface area contributed by atoms with E-state index in [-0.39, 0.29) is 0 Å². The Kier molecular flexibility index (Phi) is 3.98. The summed E-state index contributed by atoms with van der Waals surface area (Å²) < 4.78 is 0. The number of aryl methyl sites for hydroxylation is 2. The minimum atomic E-state index is 0.547. The van der Waals surface area contributed by atoms with Crippen molar-refractivity contribution in [3.8, 4) is 0 Å². The van der Waals surface area contributed by atoms with E-state index in [0.29, 0.717) is 5.69 Å². The third-order valence-electron chi connectivity index (χ3n) is 2.27. The maximum Gasteiger partial charge on any atom is 0.168 e. The van der Waals surface area contributed by atoms with Crippen LogP contribution in [0.2, 0.25) is 0 Å². The predicted octanol–water partition coefficient (Wildman–Crippen LogP) is 2.96. The Morgan fingerprint density at radius 3 is 2.80 bits per heavy atom. The third kappa shape index (κ3) is 2.62. The van der Waals surface area contributed by atoms with Gasteiger partial charge < -0.3 is 0 Å². The van der Waals surface area contributed by atoms with Gasteiger partial charge in [-0.1, -0.05) is 31.7 Å². The summed E-state index contributed by atoms with van der Waals surface area (Å²) in [6.07, 6.45) is 7.16. The number of hydrogen-bond acceptors (Lipinski definition) is 2. The lowest BCUT2D eigenvalue weighted by Gasteiger charge is -2.05. The number of nitrogens with zero attached hydrogens (tertiary/aromatic N) is 1. The first kappa shape index (κ1) is 11.4. The third-order valence-corrected chi connectivity index (χ3v) is 2.27. The summed E-state index contributed by atoms with van der Waals surface area (Å²) in [6.45, 7) is 7.53. The Balaban J connectivity index is 3.24. The van der Waals surface area contributed by atoms with Crippen molar-refractivity contribution >= 4 is 12.4 Å². The monoisotopic (exact) mass is 201 g/mol. The van der Waals surface area contributed by atoms with Crippen LogP contribution in [0.1, 0.15) is 34.2 Å². The molecule has 2 nitrogen and oxygen atoms in total. The zero-order chi connectivity index (χ0) is 11.3. The zero-order valence-electron chi connectivity index (χ0n) is 9.16. The van der Waals surface area contributed by atoms with E-state index in [9.17, 15) is 4.79 Å². The predicted molar refractivity (Wildman–Crippen MR) is 63.0 cm³/mol. The number of carbonyl (C=O) groups is 1. The fourth-order valence-corrected chi connectivity index (χ4v) is 1.41. The molecule has 1 aromatic rings. The standard InChI is InChI=1S/C13H15NO/c1-4-6-7-12-8-11(5-2)13(9-15)14-10(12)3/h4,6-9H,1,5H2,2-3H3/b7-6-. The molecule has 0 atom stereocenters. The van der Waals surface area contributed by atoms with Crippen molar-refractivity contribution in [1.29, 1.82) is 0 Å². The summed E-state index contributed by atoms with van der Waals surface area (Å²) in [7, 11) is 0. The molecular weight excluding hydrogens is 186 g/mol. The Bertz CT molecular complexity index is 405. The van der Waals surface area contributed by atoms with Gasteiger partial charge in [-0.05, 0) is 30.5 Å². The van der Waals surface area contributed by atoms with E-state index >= 15 is 0 Å². The highest BCUT2D eigenvalue weighted by atomic mass is 16.1. The van der Waals surface area contributed by atoms with Crippen LogP contribution in [0.3, 0.4) is 0 Å². The van der Waals surface area contributed by atoms with Crippen LogP contribution in [0.5, 0.6) is 0 Å². The average Bonchev–Trinajstić information content (AvgIpc) is 2.27. The van der Waals surface area contributed by atoms with Gasteiger partial charge in [-0.15, -0.1) is 0 Å². The van der Waals surface area contributed by atoms with Crippen LogP contribution in [-0.4, -0.2) is 11.3 Å². The molecule has 1 heterocycles. The first-order valence-corrected chi connectivity index (χ1v) is 4.97. The van der Waals surface area contributed by atoms with Crippen molar-refractivity contribution in [3.63, 3.8) is 0 Å². The molecule has 1 rings (SSSR count). The van der Waals surface area contributed by atoms with Gasteiger partial charge >= 0.3 is 0 Å². The first-order chi connectivity index (χ1) is 7.22. The van der Waals surface area contributed by atoms with Crippen molar-refractivity contribution < 1.29 is 4.79 Å². The molecule has 0 spiro atoms. The van der Waals surface area contributed by atoms with E-state index < -0.39 is 0 Å². The first-order valence-electron chi connectivity index (χ1n) is 4.97. The van der Waals surface area contributed by atoms with Crippen molar-refractivity contribution in [2.75, 3.05) is 0 Å². The van der Waals surface area contributed by atoms with Gasteiger partial charge in [0.2, 0.25) is 0 Å². The molecular formula is C13H15NO. The van der Waals surface area contributed by atoms with Gasteiger partial charge in [-0.25, -0.2) is 4.98 Å². The van der Waals surface area contributed by atoms with E-state index in [1.165, 1.54) is 0 Å². The molecule has 0 fully saturated rings. The molecule has 0 radical (unpaired) electrons. The Morgan fingerprint density at radius 1 is 1.53 bits per heavy atom. The molecule has 0 aliphatic carbocycles. The fourth-order valence-electron chi connectivity index (χ4n) is 1.41. The topological polar surface area (TPSA) is 30.0 Å². The summed E-state index contributed by atoms with van der Waals surface area (Å²) in [5.74, 6) is 0. The van der Waals surface area contributed by atoms with Crippen LogP contribution in [0.4, 0.5) is 0 Å². The van der Waals surface area contributed by atoms with Gasteiger partial charge in [0, 0.05) is 5.69 Å². The molecule has 2 heteroatoms. The van der Waals surface area contributed by atoms with Gasteiger partial charge in [0.05, 0.1) is 0 Å². The average molecular weight is 201 g/mol. The summed E-state index contributed by atoms with van der Waals surface area (Å²) in [5, 5.41) is 0. The number of allylic oxidation sites excluding steroid dienone is 2. The maximum atomic E-state index is 10.8. The number of rotatable bonds is 4. The highest BCUT2D eigenvalue weighted by Crippen LogP contribution is 2.14. The van der Waals surface area contributed by atoms with Gasteiger partial charge in [0.25, 0.3) is 0 Å². The van der Waals surface area contributed by atoms with Crippen LogP contribution in [0.15, 0.2) is 24.8 Å². The van der Waals surface area contributed by atoms with Crippen molar-refractivity contribution in [3.05, 3.63) is 47.3 Å². The van der Waals surface area contributed by atoms with E-state index in [1.54, 1.807) is 6.08 Å². The molecule has 0 bridgehead atoms. The molecule has 0 N–H and O–H groups in total. The molecule has 0 saturated carbocycles. The summed E-state index contributed by atoms with van der Waals surface area (Å²) in [5.41, 5.74) is 3.44. The second kappa shape index (κ2) is 5.25. The Hall–Kier alpha value is -1.70. The number of aromatic nitrogens is 1. The SMILES string of the molecule is C=C/C=C\c1cc(CC)c(C=O)nc1C. The smallest absolute Gasteiger partial charge is 0.168 e. The molecule has 0 aromatic carbocycles. The lowest BCUT2D eigenvalue weighted by Crippen LogP contribution is -1.99. The second-order valence-corrected chi connectivity index (χ2v) is 3.27. The quantitative estimate of drug-likeness (QED) is 0.553. The molecule has 0 aliphatic heterocycles. The molecule has 78 valence electrons. The van der Waals surface area contributed by atoms with Gasteiger partial charge in [-0.2, -0.15) is 0 Å². The van der Waals surface area contributed by atoms with Gasteiger partial charge in [-0.3, -0.25) is 4.79 Å². The van der Waals surface area contributed by atoms with Gasteiger partial charge in [0.15, 0.2) is 6.29 Å². The highest BCUT2D eigenvalue weighted by molar-refractivity contribution is 5.75. The second-order valence-electron chi connectivity index (χ2n) is 3.27. The Morgan fingerprint density at radius 2 is 2.27 bits per heavy atom. The minimum Gasteiger partial charge on any atom is -0.296 e. The summed E-state index contributed by atoms with van der Waals surface area (Å²) in [4.78, 5) is 15.0. The van der Waals surface area contributed by atoms with Crippen molar-refractivity contribution in [1.82, 2.24) is 4.98 Å². The van der Waals surface area contributed by atoms with E-state index in [1.807, 2.05) is 32.1 Å². The number of carbonyl (C=O) groups excluding carboxylic acids is 1. The Labute approximate surface area is 90.4 Å². The van der Waals surface area contributed by atoms with Crippen LogP contribution in [0.25, 0.3) is 6.08 Å². The van der Waals surface area contributed by atoms with Crippen molar-refractivity contribution in [2.24, 2.45) is 0 Å². The highest BCUT2D eigenvalue weighted by Gasteiger charge is 2.05. The van der Waals surface area contributed by atoms with Crippen LogP contribution >= 0.6 is 0 Å². The summed E-state index contributed by atoms with van der Waals surface area (Å²) in [6, 6.07) is 2.01. The van der Waals surface area contributed by atoms with Crippen LogP contribution < -0.4 is 0 Å². The molecule has 0 unspecified atom stereocenters. The van der Waals surface area contributed by atoms with Gasteiger partial charge in [0.1, 0.15) is 5.69 Å². The molecule has 0 saturated heterocycles. The molecule has 0 aliphatic rings. The van der Waals surface area contributed by atoms with Crippen LogP contribution in [0, 0.1) is 6.92 Å². The lowest BCUT2D eigenvalue weighted by atomic mass is 10.1.